The minimum absolute atomic E-state index is 0.00975. The lowest BCUT2D eigenvalue weighted by Gasteiger charge is -2.24. The Bertz CT molecular complexity index is 894. The van der Waals surface area contributed by atoms with E-state index in [1.165, 1.54) is 0 Å². The van der Waals surface area contributed by atoms with Crippen molar-refractivity contribution in [3.05, 3.63) is 65.4 Å². The number of carbonyl (C=O) groups excluding carboxylic acids is 1. The van der Waals surface area contributed by atoms with E-state index in [2.05, 4.69) is 27.5 Å². The number of nitrogens with zero attached hydrogens (tertiary/aromatic N) is 4. The third-order valence-electron chi connectivity index (χ3n) is 4.68. The van der Waals surface area contributed by atoms with Crippen LogP contribution in [-0.2, 0) is 18.4 Å². The van der Waals surface area contributed by atoms with Gasteiger partial charge in [0.1, 0.15) is 11.6 Å². The Balaban J connectivity index is 1.73. The second kappa shape index (κ2) is 5.63. The van der Waals surface area contributed by atoms with Gasteiger partial charge in [0.2, 0.25) is 5.91 Å². The van der Waals surface area contributed by atoms with E-state index in [4.69, 9.17) is 0 Å². The highest BCUT2D eigenvalue weighted by atomic mass is 16.1. The van der Waals surface area contributed by atoms with Gasteiger partial charge in [0.15, 0.2) is 0 Å². The average molecular weight is 321 g/mol. The maximum absolute atomic E-state index is 12.2. The monoisotopic (exact) mass is 321 g/mol. The van der Waals surface area contributed by atoms with Crippen molar-refractivity contribution in [2.45, 2.75) is 25.8 Å². The molecule has 0 saturated carbocycles. The van der Waals surface area contributed by atoms with Gasteiger partial charge in [-0.3, -0.25) is 4.79 Å². The summed E-state index contributed by atoms with van der Waals surface area (Å²) in [6.45, 7) is 2.60. The van der Waals surface area contributed by atoms with E-state index in [0.29, 0.717) is 13.0 Å². The lowest BCUT2D eigenvalue weighted by Crippen LogP contribution is -2.26. The van der Waals surface area contributed by atoms with Gasteiger partial charge in [0.05, 0.1) is 12.7 Å². The Morgan fingerprint density at radius 2 is 2.04 bits per heavy atom. The minimum Gasteiger partial charge on any atom is -0.335 e. The molecule has 3 heterocycles. The largest absolute Gasteiger partial charge is 0.335 e. The van der Waals surface area contributed by atoms with Crippen molar-refractivity contribution in [3.63, 3.8) is 0 Å². The molecule has 6 heteroatoms. The van der Waals surface area contributed by atoms with Crippen LogP contribution in [0.3, 0.4) is 0 Å². The molecule has 6 nitrogen and oxygen atoms in total. The van der Waals surface area contributed by atoms with Crippen LogP contribution in [0.2, 0.25) is 0 Å². The highest BCUT2D eigenvalue weighted by molar-refractivity contribution is 5.94. The highest BCUT2D eigenvalue weighted by Gasteiger charge is 2.31. The molecule has 3 aromatic rings. The number of amides is 1. The quantitative estimate of drug-likeness (QED) is 0.806. The summed E-state index contributed by atoms with van der Waals surface area (Å²) in [4.78, 5) is 16.6. The fourth-order valence-electron chi connectivity index (χ4n) is 3.25. The fourth-order valence-corrected chi connectivity index (χ4v) is 3.25. The van der Waals surface area contributed by atoms with Crippen molar-refractivity contribution in [2.75, 3.05) is 5.32 Å². The zero-order valence-corrected chi connectivity index (χ0v) is 13.7. The fraction of sp³-hybridized carbons (Fsp3) is 0.278. The SMILES string of the molecule is Cc1ncc(C2CC(=O)Nc3c2cnn3Cc2ccccc2)n1C. The normalized spacial score (nSPS) is 16.8. The third kappa shape index (κ3) is 2.40. The van der Waals surface area contributed by atoms with E-state index >= 15 is 0 Å². The van der Waals surface area contributed by atoms with Crippen molar-refractivity contribution in [1.82, 2.24) is 19.3 Å². The summed E-state index contributed by atoms with van der Waals surface area (Å²) >= 11 is 0. The van der Waals surface area contributed by atoms with Gasteiger partial charge in [-0.05, 0) is 12.5 Å². The number of hydrogen-bond acceptors (Lipinski definition) is 3. The number of anilines is 1. The smallest absolute Gasteiger partial charge is 0.226 e. The number of rotatable bonds is 3. The van der Waals surface area contributed by atoms with Crippen LogP contribution < -0.4 is 5.32 Å². The molecule has 0 fully saturated rings. The molecule has 0 bridgehead atoms. The van der Waals surface area contributed by atoms with Crippen LogP contribution in [0.1, 0.15) is 35.0 Å². The van der Waals surface area contributed by atoms with E-state index in [-0.39, 0.29) is 11.8 Å². The van der Waals surface area contributed by atoms with Crippen LogP contribution in [0.4, 0.5) is 5.82 Å². The lowest BCUT2D eigenvalue weighted by atomic mass is 9.91. The first kappa shape index (κ1) is 14.7. The maximum atomic E-state index is 12.2. The van der Waals surface area contributed by atoms with Crippen molar-refractivity contribution in [2.24, 2.45) is 7.05 Å². The van der Waals surface area contributed by atoms with Crippen LogP contribution >= 0.6 is 0 Å². The first-order chi connectivity index (χ1) is 11.6. The summed E-state index contributed by atoms with van der Waals surface area (Å²) < 4.78 is 3.90. The molecule has 1 unspecified atom stereocenters. The number of hydrogen-bond donors (Lipinski definition) is 1. The number of benzene rings is 1. The van der Waals surface area contributed by atoms with E-state index in [0.717, 1.165) is 28.5 Å². The molecule has 0 spiro atoms. The Morgan fingerprint density at radius 3 is 2.75 bits per heavy atom. The molecule has 4 rings (SSSR count). The van der Waals surface area contributed by atoms with Crippen molar-refractivity contribution in [1.29, 1.82) is 0 Å². The van der Waals surface area contributed by atoms with Crippen LogP contribution in [0, 0.1) is 6.92 Å². The Kier molecular flexibility index (Phi) is 3.45. The average Bonchev–Trinajstić information content (AvgIpc) is 3.12. The number of aromatic nitrogens is 4. The number of aryl methyl sites for hydroxylation is 1. The molecular formula is C18H19N5O. The van der Waals surface area contributed by atoms with Crippen LogP contribution in [0.5, 0.6) is 0 Å². The number of carbonyl (C=O) groups is 1. The topological polar surface area (TPSA) is 64.7 Å². The van der Waals surface area contributed by atoms with Gasteiger partial charge in [-0.1, -0.05) is 30.3 Å². The predicted octanol–water partition coefficient (Wildman–Crippen LogP) is 2.45. The molecule has 1 amide bonds. The first-order valence-electron chi connectivity index (χ1n) is 8.01. The molecule has 1 atom stereocenters. The Labute approximate surface area is 140 Å². The molecule has 0 saturated heterocycles. The molecule has 122 valence electrons. The first-order valence-corrected chi connectivity index (χ1v) is 8.01. The van der Waals surface area contributed by atoms with Crippen molar-refractivity contribution in [3.8, 4) is 0 Å². The summed E-state index contributed by atoms with van der Waals surface area (Å²) in [6, 6.07) is 10.1. The molecule has 1 aliphatic rings. The molecule has 1 aliphatic heterocycles. The highest BCUT2D eigenvalue weighted by Crippen LogP contribution is 2.37. The van der Waals surface area contributed by atoms with Crippen molar-refractivity contribution < 1.29 is 4.79 Å². The van der Waals surface area contributed by atoms with Gasteiger partial charge in [-0.15, -0.1) is 0 Å². The van der Waals surface area contributed by atoms with Gasteiger partial charge < -0.3 is 9.88 Å². The van der Waals surface area contributed by atoms with Gasteiger partial charge in [-0.2, -0.15) is 5.10 Å². The summed E-state index contributed by atoms with van der Waals surface area (Å²) in [5.41, 5.74) is 3.24. The number of fused-ring (bicyclic) bond motifs is 1. The van der Waals surface area contributed by atoms with Crippen molar-refractivity contribution >= 4 is 11.7 Å². The Hall–Kier alpha value is -2.89. The summed E-state index contributed by atoms with van der Waals surface area (Å²) in [5, 5.41) is 7.50. The molecular weight excluding hydrogens is 302 g/mol. The Morgan fingerprint density at radius 1 is 1.25 bits per heavy atom. The summed E-state index contributed by atoms with van der Waals surface area (Å²) in [6.07, 6.45) is 4.14. The van der Waals surface area contributed by atoms with Gasteiger partial charge in [0.25, 0.3) is 0 Å². The molecule has 24 heavy (non-hydrogen) atoms. The standard InChI is InChI=1S/C18H19N5O/c1-12-19-10-16(22(12)2)14-8-17(24)21-18-15(14)9-20-23(18)11-13-6-4-3-5-7-13/h3-7,9-10,14H,8,11H2,1-2H3,(H,21,24). The van der Waals surface area contributed by atoms with Crippen LogP contribution in [-0.4, -0.2) is 25.2 Å². The summed E-state index contributed by atoms with van der Waals surface area (Å²) in [5.74, 6) is 1.74. The second-order valence-electron chi connectivity index (χ2n) is 6.19. The van der Waals surface area contributed by atoms with Gasteiger partial charge in [0, 0.05) is 36.8 Å². The van der Waals surface area contributed by atoms with Crippen LogP contribution in [0.15, 0.2) is 42.7 Å². The molecule has 1 N–H and O–H groups in total. The van der Waals surface area contributed by atoms with E-state index in [1.54, 1.807) is 0 Å². The summed E-state index contributed by atoms with van der Waals surface area (Å²) in [7, 11) is 1.98. The van der Waals surface area contributed by atoms with Gasteiger partial charge >= 0.3 is 0 Å². The zero-order valence-electron chi connectivity index (χ0n) is 13.7. The third-order valence-corrected chi connectivity index (χ3v) is 4.68. The van der Waals surface area contributed by atoms with Crippen LogP contribution in [0.25, 0.3) is 0 Å². The van der Waals surface area contributed by atoms with Gasteiger partial charge in [-0.25, -0.2) is 9.67 Å². The number of nitrogens with one attached hydrogen (secondary N) is 1. The minimum atomic E-state index is -0.00975. The van der Waals surface area contributed by atoms with E-state index in [9.17, 15) is 4.79 Å². The second-order valence-corrected chi connectivity index (χ2v) is 6.19. The van der Waals surface area contributed by atoms with E-state index in [1.807, 2.05) is 53.8 Å². The molecule has 0 aliphatic carbocycles. The lowest BCUT2D eigenvalue weighted by molar-refractivity contribution is -0.116. The number of imidazole rings is 1. The molecule has 1 aromatic carbocycles. The maximum Gasteiger partial charge on any atom is 0.226 e. The molecule has 2 aromatic heterocycles. The molecule has 0 radical (unpaired) electrons. The van der Waals surface area contributed by atoms with E-state index < -0.39 is 0 Å². The zero-order chi connectivity index (χ0) is 16.7. The predicted molar refractivity (Wildman–Crippen MR) is 90.8 cm³/mol.